The maximum atomic E-state index is 14.5. The number of nitrogens with two attached hydrogens (primary N) is 1. The van der Waals surface area contributed by atoms with Gasteiger partial charge in [-0.25, -0.2) is 17.6 Å². The van der Waals surface area contributed by atoms with Gasteiger partial charge in [0, 0.05) is 18.5 Å². The lowest BCUT2D eigenvalue weighted by atomic mass is 9.98. The first-order chi connectivity index (χ1) is 13.2. The summed E-state index contributed by atoms with van der Waals surface area (Å²) in [4.78, 5) is 12.9. The largest absolute Gasteiger partial charge is 0.487 e. The predicted molar refractivity (Wildman–Crippen MR) is 94.8 cm³/mol. The zero-order valence-corrected chi connectivity index (χ0v) is 15.2. The lowest BCUT2D eigenvalue weighted by Gasteiger charge is -2.38. The van der Waals surface area contributed by atoms with E-state index in [-0.39, 0.29) is 16.7 Å². The van der Waals surface area contributed by atoms with Crippen molar-refractivity contribution in [2.45, 2.75) is 18.4 Å². The van der Waals surface area contributed by atoms with Crippen LogP contribution in [0.2, 0.25) is 5.02 Å². The first kappa shape index (κ1) is 19.0. The highest BCUT2D eigenvalue weighted by Gasteiger charge is 2.47. The van der Waals surface area contributed by atoms with Gasteiger partial charge in [-0.05, 0) is 35.4 Å². The van der Waals surface area contributed by atoms with Crippen LogP contribution < -0.4 is 10.5 Å². The van der Waals surface area contributed by atoms with E-state index in [2.05, 4.69) is 0 Å². The minimum atomic E-state index is -3.02. The molecule has 28 heavy (non-hydrogen) atoms. The van der Waals surface area contributed by atoms with Crippen LogP contribution in [0.15, 0.2) is 24.3 Å². The molecule has 1 saturated heterocycles. The molecule has 9 heteroatoms. The van der Waals surface area contributed by atoms with E-state index >= 15 is 0 Å². The van der Waals surface area contributed by atoms with E-state index in [1.165, 1.54) is 6.07 Å². The fourth-order valence-electron chi connectivity index (χ4n) is 3.44. The standard InChI is InChI=1S/C19H15ClF4N2O2/c20-13-3-9(1-11-2-12(6-25)28-17(11)13)10-4-14(21)16(15(22)5-10)18(27)26-7-19(23,24)8-26/h1,3-5,12H,2,6-8,25H2. The third kappa shape index (κ3) is 3.20. The van der Waals surface area contributed by atoms with Crippen LogP contribution in [0.5, 0.6) is 5.75 Å². The molecular formula is C19H15ClF4N2O2. The second kappa shape index (κ2) is 6.63. The topological polar surface area (TPSA) is 55.6 Å². The predicted octanol–water partition coefficient (Wildman–Crippen LogP) is 3.64. The first-order valence-electron chi connectivity index (χ1n) is 8.54. The number of alkyl halides is 2. The lowest BCUT2D eigenvalue weighted by molar-refractivity contribution is -0.113. The molecular weight excluding hydrogens is 400 g/mol. The summed E-state index contributed by atoms with van der Waals surface area (Å²) < 4.78 is 60.5. The summed E-state index contributed by atoms with van der Waals surface area (Å²) in [5.74, 6) is -5.87. The fraction of sp³-hybridized carbons (Fsp3) is 0.316. The number of likely N-dealkylation sites (tertiary alicyclic amines) is 1. The summed E-state index contributed by atoms with van der Waals surface area (Å²) in [5.41, 5.74) is 6.13. The molecule has 0 aromatic heterocycles. The third-order valence-corrected chi connectivity index (χ3v) is 5.12. The number of hydrogen-bond acceptors (Lipinski definition) is 3. The van der Waals surface area contributed by atoms with Gasteiger partial charge in [-0.1, -0.05) is 11.6 Å². The molecule has 148 valence electrons. The smallest absolute Gasteiger partial charge is 0.282 e. The van der Waals surface area contributed by atoms with E-state index in [9.17, 15) is 22.4 Å². The summed E-state index contributed by atoms with van der Waals surface area (Å²) in [6.45, 7) is -1.40. The summed E-state index contributed by atoms with van der Waals surface area (Å²) >= 11 is 6.22. The Bertz CT molecular complexity index is 952. The van der Waals surface area contributed by atoms with Gasteiger partial charge in [-0.15, -0.1) is 0 Å². The van der Waals surface area contributed by atoms with Crippen molar-refractivity contribution in [2.24, 2.45) is 5.73 Å². The van der Waals surface area contributed by atoms with Crippen molar-refractivity contribution in [1.82, 2.24) is 4.90 Å². The third-order valence-electron chi connectivity index (χ3n) is 4.84. The van der Waals surface area contributed by atoms with Gasteiger partial charge in [-0.2, -0.15) is 0 Å². The number of halogens is 5. The summed E-state index contributed by atoms with van der Waals surface area (Å²) in [5, 5.41) is 0.284. The number of nitrogens with zero attached hydrogens (tertiary/aromatic N) is 1. The Hall–Kier alpha value is -2.32. The second-order valence-electron chi connectivity index (χ2n) is 6.96. The minimum Gasteiger partial charge on any atom is -0.487 e. The van der Waals surface area contributed by atoms with Gasteiger partial charge in [0.05, 0.1) is 18.1 Å². The Morgan fingerprint density at radius 3 is 2.36 bits per heavy atom. The highest BCUT2D eigenvalue weighted by Crippen LogP contribution is 2.40. The van der Waals surface area contributed by atoms with E-state index in [1.807, 2.05) is 0 Å². The van der Waals surface area contributed by atoms with Gasteiger partial charge in [-0.3, -0.25) is 4.79 Å². The maximum absolute atomic E-state index is 14.5. The van der Waals surface area contributed by atoms with Gasteiger partial charge in [0.15, 0.2) is 0 Å². The number of benzene rings is 2. The van der Waals surface area contributed by atoms with Crippen molar-refractivity contribution >= 4 is 17.5 Å². The second-order valence-corrected chi connectivity index (χ2v) is 7.37. The molecule has 1 amide bonds. The molecule has 2 aromatic carbocycles. The number of carbonyl (C=O) groups excluding carboxylic acids is 1. The van der Waals surface area contributed by atoms with Gasteiger partial charge < -0.3 is 15.4 Å². The monoisotopic (exact) mass is 414 g/mol. The van der Waals surface area contributed by atoms with E-state index in [4.69, 9.17) is 22.1 Å². The zero-order chi connectivity index (χ0) is 20.2. The van der Waals surface area contributed by atoms with Crippen molar-refractivity contribution in [2.75, 3.05) is 19.6 Å². The average Bonchev–Trinajstić information content (AvgIpc) is 3.02. The molecule has 0 spiro atoms. The van der Waals surface area contributed by atoms with Crippen LogP contribution in [0, 0.1) is 11.6 Å². The van der Waals surface area contributed by atoms with Crippen molar-refractivity contribution in [3.8, 4) is 16.9 Å². The van der Waals surface area contributed by atoms with Crippen molar-refractivity contribution in [3.63, 3.8) is 0 Å². The molecule has 2 aliphatic rings. The van der Waals surface area contributed by atoms with E-state index in [0.29, 0.717) is 29.2 Å². The Labute approximate surface area is 162 Å². The van der Waals surface area contributed by atoms with E-state index in [0.717, 1.165) is 17.7 Å². The number of rotatable bonds is 3. The number of hydrogen-bond donors (Lipinski definition) is 1. The Balaban J connectivity index is 1.66. The average molecular weight is 415 g/mol. The normalized spacial score (nSPS) is 19.8. The quantitative estimate of drug-likeness (QED) is 0.780. The Morgan fingerprint density at radius 2 is 1.79 bits per heavy atom. The number of fused-ring (bicyclic) bond motifs is 1. The molecule has 0 saturated carbocycles. The van der Waals surface area contributed by atoms with Crippen molar-refractivity contribution in [3.05, 3.63) is 52.0 Å². The number of carbonyl (C=O) groups is 1. The van der Waals surface area contributed by atoms with E-state index < -0.39 is 42.1 Å². The molecule has 0 aliphatic carbocycles. The molecule has 1 atom stereocenters. The molecule has 2 heterocycles. The summed E-state index contributed by atoms with van der Waals surface area (Å²) in [6.07, 6.45) is 0.301. The molecule has 4 nitrogen and oxygen atoms in total. The van der Waals surface area contributed by atoms with Gasteiger partial charge in [0.2, 0.25) is 0 Å². The van der Waals surface area contributed by atoms with Crippen LogP contribution >= 0.6 is 11.6 Å². The number of amides is 1. The van der Waals surface area contributed by atoms with Crippen LogP contribution in [-0.2, 0) is 6.42 Å². The molecule has 2 aliphatic heterocycles. The van der Waals surface area contributed by atoms with Crippen molar-refractivity contribution in [1.29, 1.82) is 0 Å². The van der Waals surface area contributed by atoms with Gasteiger partial charge in [0.25, 0.3) is 11.8 Å². The van der Waals surface area contributed by atoms with Crippen LogP contribution in [0.25, 0.3) is 11.1 Å². The van der Waals surface area contributed by atoms with Gasteiger partial charge >= 0.3 is 0 Å². The first-order valence-corrected chi connectivity index (χ1v) is 8.92. The van der Waals surface area contributed by atoms with Crippen LogP contribution in [0.3, 0.4) is 0 Å². The summed E-state index contributed by atoms with van der Waals surface area (Å²) in [6, 6.07) is 5.18. The molecule has 1 fully saturated rings. The van der Waals surface area contributed by atoms with Crippen LogP contribution in [-0.4, -0.2) is 42.5 Å². The van der Waals surface area contributed by atoms with E-state index in [1.54, 1.807) is 6.07 Å². The molecule has 0 radical (unpaired) electrons. The highest BCUT2D eigenvalue weighted by molar-refractivity contribution is 6.32. The zero-order valence-electron chi connectivity index (χ0n) is 14.4. The van der Waals surface area contributed by atoms with Crippen molar-refractivity contribution < 1.29 is 27.1 Å². The summed E-state index contributed by atoms with van der Waals surface area (Å²) in [7, 11) is 0. The Morgan fingerprint density at radius 1 is 1.18 bits per heavy atom. The van der Waals surface area contributed by atoms with Gasteiger partial charge in [0.1, 0.15) is 29.1 Å². The maximum Gasteiger partial charge on any atom is 0.282 e. The fourth-order valence-corrected chi connectivity index (χ4v) is 3.73. The Kier molecular flexibility index (Phi) is 4.50. The number of ether oxygens (including phenoxy) is 1. The molecule has 2 aromatic rings. The SMILES string of the molecule is NCC1Cc2cc(-c3cc(F)c(C(=O)N4CC(F)(F)C4)c(F)c3)cc(Cl)c2O1. The highest BCUT2D eigenvalue weighted by atomic mass is 35.5. The molecule has 4 rings (SSSR count). The van der Waals surface area contributed by atoms with Crippen LogP contribution in [0.4, 0.5) is 17.6 Å². The molecule has 2 N–H and O–H groups in total. The molecule has 1 unspecified atom stereocenters. The molecule has 0 bridgehead atoms. The van der Waals surface area contributed by atoms with Crippen LogP contribution in [0.1, 0.15) is 15.9 Å². The lowest BCUT2D eigenvalue weighted by Crippen LogP contribution is -2.58. The minimum absolute atomic E-state index is 0.168.